The van der Waals surface area contributed by atoms with Crippen LogP contribution in [-0.2, 0) is 11.2 Å². The monoisotopic (exact) mass is 170 g/mol. The molecule has 0 saturated heterocycles. The molecule has 58 valence electrons. The van der Waals surface area contributed by atoms with Crippen molar-refractivity contribution >= 4 is 8.69 Å². The van der Waals surface area contributed by atoms with Gasteiger partial charge in [-0.1, -0.05) is 12.1 Å². The van der Waals surface area contributed by atoms with Crippen LogP contribution in [0.2, 0.25) is 0 Å². The summed E-state index contributed by atoms with van der Waals surface area (Å²) in [6.07, 6.45) is 0. The third kappa shape index (κ3) is 2.30. The van der Waals surface area contributed by atoms with Gasteiger partial charge in [0.25, 0.3) is 0 Å². The molecule has 0 saturated carbocycles. The third-order valence-corrected chi connectivity index (χ3v) is 1.53. The first-order valence-corrected chi connectivity index (χ1v) is 3.79. The Balaban J connectivity index is 2.74. The van der Waals surface area contributed by atoms with Crippen molar-refractivity contribution in [3.05, 3.63) is 29.8 Å². The molecular weight excluding hydrogens is 163 g/mol. The molecule has 0 bridgehead atoms. The molecule has 0 unspecified atom stereocenters. The zero-order valence-corrected chi connectivity index (χ0v) is 6.62. The highest BCUT2D eigenvalue weighted by atomic mass is 31.1. The van der Waals surface area contributed by atoms with Crippen LogP contribution in [0.3, 0.4) is 0 Å². The van der Waals surface area contributed by atoms with Crippen LogP contribution in [0.5, 0.6) is 5.75 Å². The second kappa shape index (κ2) is 4.06. The average Bonchev–Trinajstić information content (AvgIpc) is 2.07. The minimum Gasteiger partial charge on any atom is -0.408 e. The molecule has 1 aromatic rings. The number of benzene rings is 1. The highest BCUT2D eigenvalue weighted by Gasteiger charge is 1.92. The molecule has 1 aromatic carbocycles. The maximum atomic E-state index is 9.95. The van der Waals surface area contributed by atoms with E-state index in [1.807, 2.05) is 0 Å². The molecule has 0 aliphatic heterocycles. The van der Waals surface area contributed by atoms with Gasteiger partial charge in [-0.25, -0.2) is 4.57 Å². The largest absolute Gasteiger partial charge is 0.408 e. The second-order valence-electron chi connectivity index (χ2n) is 1.97. The van der Waals surface area contributed by atoms with Crippen LogP contribution in [0, 0.1) is 0 Å². The molecule has 0 spiro atoms. The van der Waals surface area contributed by atoms with Gasteiger partial charge >= 0.3 is 8.69 Å². The molecule has 0 aromatic heterocycles. The summed E-state index contributed by atoms with van der Waals surface area (Å²) in [5.74, 6) is 0.527. The van der Waals surface area contributed by atoms with E-state index >= 15 is 0 Å². The van der Waals surface area contributed by atoms with Crippen molar-refractivity contribution in [2.75, 3.05) is 0 Å². The van der Waals surface area contributed by atoms with Gasteiger partial charge in [0.15, 0.2) is 0 Å². The van der Waals surface area contributed by atoms with Crippen molar-refractivity contribution < 1.29 is 14.2 Å². The van der Waals surface area contributed by atoms with Crippen molar-refractivity contribution in [2.24, 2.45) is 0 Å². The predicted octanol–water partition coefficient (Wildman–Crippen LogP) is 1.76. The number of rotatable bonds is 3. The minimum atomic E-state index is -0.362. The summed E-state index contributed by atoms with van der Waals surface area (Å²) < 4.78 is 14.6. The number of hydrogen-bond acceptors (Lipinski definition) is 3. The molecule has 0 aliphatic rings. The van der Waals surface area contributed by atoms with E-state index in [2.05, 4.69) is 4.52 Å². The van der Waals surface area contributed by atoms with Crippen LogP contribution in [0.1, 0.15) is 5.56 Å². The lowest BCUT2D eigenvalue weighted by molar-refractivity contribution is 0.282. The Morgan fingerprint density at radius 2 is 2.00 bits per heavy atom. The van der Waals surface area contributed by atoms with E-state index in [-0.39, 0.29) is 15.3 Å². The molecule has 0 atom stereocenters. The van der Waals surface area contributed by atoms with E-state index in [1.54, 1.807) is 24.3 Å². The highest BCUT2D eigenvalue weighted by Crippen LogP contribution is 2.15. The first kappa shape index (κ1) is 8.18. The molecule has 1 rings (SSSR count). The molecule has 11 heavy (non-hydrogen) atoms. The summed E-state index contributed by atoms with van der Waals surface area (Å²) in [7, 11) is -0.362. The molecule has 0 amide bonds. The predicted molar refractivity (Wildman–Crippen MR) is 40.6 cm³/mol. The molecule has 0 fully saturated rings. The zero-order chi connectivity index (χ0) is 8.10. The molecule has 3 nitrogen and oxygen atoms in total. The van der Waals surface area contributed by atoms with Crippen LogP contribution in [0.15, 0.2) is 24.3 Å². The van der Waals surface area contributed by atoms with E-state index in [0.29, 0.717) is 5.75 Å². The van der Waals surface area contributed by atoms with Crippen LogP contribution in [0.4, 0.5) is 0 Å². The van der Waals surface area contributed by atoms with Crippen LogP contribution in [-0.4, -0.2) is 5.11 Å². The normalized spacial score (nSPS) is 9.91. The Bertz CT molecular complexity index is 232. The Morgan fingerprint density at radius 3 is 2.45 bits per heavy atom. The van der Waals surface area contributed by atoms with Crippen molar-refractivity contribution in [1.82, 2.24) is 0 Å². The SMILES string of the molecule is O=POc1ccc(CO)cc1. The van der Waals surface area contributed by atoms with Crippen molar-refractivity contribution in [3.8, 4) is 5.75 Å². The first-order chi connectivity index (χ1) is 5.36. The Kier molecular flexibility index (Phi) is 3.02. The lowest BCUT2D eigenvalue weighted by atomic mass is 10.2. The fourth-order valence-corrected chi connectivity index (χ4v) is 0.907. The van der Waals surface area contributed by atoms with Crippen molar-refractivity contribution in [1.29, 1.82) is 0 Å². The van der Waals surface area contributed by atoms with Crippen LogP contribution in [0.25, 0.3) is 0 Å². The smallest absolute Gasteiger partial charge is 0.395 e. The first-order valence-electron chi connectivity index (χ1n) is 3.06. The maximum Gasteiger partial charge on any atom is 0.395 e. The lowest BCUT2D eigenvalue weighted by Gasteiger charge is -1.96. The molecule has 0 radical (unpaired) electrons. The van der Waals surface area contributed by atoms with E-state index < -0.39 is 0 Å². The lowest BCUT2D eigenvalue weighted by Crippen LogP contribution is -1.81. The molecule has 4 heteroatoms. The number of aliphatic hydroxyl groups excluding tert-OH is 1. The summed E-state index contributed by atoms with van der Waals surface area (Å²) in [5.41, 5.74) is 0.805. The summed E-state index contributed by atoms with van der Waals surface area (Å²) in [6.45, 7) is 0.00929. The fraction of sp³-hybridized carbons (Fsp3) is 0.143. The van der Waals surface area contributed by atoms with Gasteiger partial charge in [-0.2, -0.15) is 0 Å². The Hall–Kier alpha value is -0.920. The molecule has 1 N–H and O–H groups in total. The van der Waals surface area contributed by atoms with Gasteiger partial charge in [-0.05, 0) is 17.7 Å². The third-order valence-electron chi connectivity index (χ3n) is 1.25. The van der Waals surface area contributed by atoms with Crippen molar-refractivity contribution in [2.45, 2.75) is 6.61 Å². The van der Waals surface area contributed by atoms with Gasteiger partial charge in [0, 0.05) is 0 Å². The Labute approximate surface area is 65.9 Å². The average molecular weight is 170 g/mol. The second-order valence-corrected chi connectivity index (χ2v) is 2.30. The van der Waals surface area contributed by atoms with E-state index in [4.69, 9.17) is 5.11 Å². The number of hydrogen-bond donors (Lipinski definition) is 1. The molecule has 0 aliphatic carbocycles. The van der Waals surface area contributed by atoms with Gasteiger partial charge in [0.1, 0.15) is 5.75 Å². The summed E-state index contributed by atoms with van der Waals surface area (Å²) in [6, 6.07) is 6.72. The Morgan fingerprint density at radius 1 is 1.36 bits per heavy atom. The van der Waals surface area contributed by atoms with Crippen molar-refractivity contribution in [3.63, 3.8) is 0 Å². The van der Waals surface area contributed by atoms with E-state index in [1.165, 1.54) is 0 Å². The fourth-order valence-electron chi connectivity index (χ4n) is 0.699. The van der Waals surface area contributed by atoms with Gasteiger partial charge < -0.3 is 9.63 Å². The quantitative estimate of drug-likeness (QED) is 0.703. The minimum absolute atomic E-state index is 0.00929. The van der Waals surface area contributed by atoms with E-state index in [0.717, 1.165) is 5.56 Å². The van der Waals surface area contributed by atoms with Crippen LogP contribution >= 0.6 is 8.69 Å². The molecule has 0 heterocycles. The van der Waals surface area contributed by atoms with Gasteiger partial charge in [0.2, 0.25) is 0 Å². The van der Waals surface area contributed by atoms with Gasteiger partial charge in [0.05, 0.1) is 6.61 Å². The maximum absolute atomic E-state index is 9.95. The topological polar surface area (TPSA) is 46.5 Å². The van der Waals surface area contributed by atoms with E-state index in [9.17, 15) is 4.57 Å². The van der Waals surface area contributed by atoms with Gasteiger partial charge in [-0.3, -0.25) is 0 Å². The molecular formula is C7H7O3P. The summed E-state index contributed by atoms with van der Waals surface area (Å²) >= 11 is 0. The highest BCUT2D eigenvalue weighted by molar-refractivity contribution is 7.17. The summed E-state index contributed by atoms with van der Waals surface area (Å²) in [5, 5.41) is 8.65. The standard InChI is InChI=1S/C7H7O3P/c8-5-6-1-3-7(4-2-6)10-11-9/h1-4,8H,5H2. The van der Waals surface area contributed by atoms with Gasteiger partial charge in [-0.15, -0.1) is 0 Å². The number of aliphatic hydroxyl groups is 1. The van der Waals surface area contributed by atoms with Crippen LogP contribution < -0.4 is 4.52 Å². The zero-order valence-electron chi connectivity index (χ0n) is 5.73. The summed E-state index contributed by atoms with van der Waals surface area (Å²) in [4.78, 5) is 0.